The summed E-state index contributed by atoms with van der Waals surface area (Å²) in [6.45, 7) is 2.59. The van der Waals surface area contributed by atoms with E-state index in [0.29, 0.717) is 18.0 Å². The predicted octanol–water partition coefficient (Wildman–Crippen LogP) is 2.82. The lowest BCUT2D eigenvalue weighted by Gasteiger charge is -2.04. The number of hydrogen-bond acceptors (Lipinski definition) is 5. The van der Waals surface area contributed by atoms with Gasteiger partial charge in [-0.1, -0.05) is 39.0 Å². The Morgan fingerprint density at radius 3 is 2.91 bits per heavy atom. The molecule has 0 saturated heterocycles. The molecule has 0 aliphatic carbocycles. The van der Waals surface area contributed by atoms with Crippen molar-refractivity contribution in [2.75, 3.05) is 19.5 Å². The quantitative estimate of drug-likeness (QED) is 0.771. The zero-order chi connectivity index (χ0) is 16.1. The van der Waals surface area contributed by atoms with Gasteiger partial charge in [0.2, 0.25) is 0 Å². The van der Waals surface area contributed by atoms with E-state index in [4.69, 9.17) is 4.74 Å². The summed E-state index contributed by atoms with van der Waals surface area (Å²) in [5.41, 5.74) is 1.01. The number of hydrogen-bond donors (Lipinski definition) is 0. The molecule has 0 fully saturated rings. The van der Waals surface area contributed by atoms with Gasteiger partial charge in [-0.05, 0) is 18.2 Å². The number of carbonyl (C=O) groups is 2. The molecule has 0 unspecified atom stereocenters. The van der Waals surface area contributed by atoms with Crippen LogP contribution in [0.25, 0.3) is 10.2 Å². The van der Waals surface area contributed by atoms with Crippen LogP contribution in [-0.2, 0) is 20.9 Å². The molecule has 0 radical (unpaired) electrons. The molecule has 1 aromatic carbocycles. The van der Waals surface area contributed by atoms with E-state index in [2.05, 4.69) is 20.9 Å². The smallest absolute Gasteiger partial charge is 0.258 e. The molecule has 118 valence electrons. The number of nitrogens with zero attached hydrogens (tertiary/aromatic N) is 2. The summed E-state index contributed by atoms with van der Waals surface area (Å²) in [5.74, 6) is -0.241. The Bertz CT molecular complexity index is 767. The van der Waals surface area contributed by atoms with Gasteiger partial charge in [0.1, 0.15) is 0 Å². The van der Waals surface area contributed by atoms with Crippen LogP contribution in [0, 0.1) is 0 Å². The van der Waals surface area contributed by atoms with Gasteiger partial charge in [-0.3, -0.25) is 9.59 Å². The first kappa shape index (κ1) is 17.4. The molecule has 0 saturated carbocycles. The maximum absolute atomic E-state index is 11.9. The Balaban J connectivity index is 2.42. The van der Waals surface area contributed by atoms with Gasteiger partial charge in [0, 0.05) is 25.1 Å². The first-order chi connectivity index (χ1) is 10.5. The summed E-state index contributed by atoms with van der Waals surface area (Å²) in [6, 6.07) is 5.94. The maximum Gasteiger partial charge on any atom is 0.258 e. The highest BCUT2D eigenvalue weighted by Crippen LogP contribution is 2.22. The van der Waals surface area contributed by atoms with E-state index in [0.717, 1.165) is 26.5 Å². The molecule has 1 heterocycles. The number of fused-ring (bicyclic) bond motifs is 1. The Morgan fingerprint density at radius 1 is 1.45 bits per heavy atom. The lowest BCUT2D eigenvalue weighted by molar-refractivity contribution is -0.116. The van der Waals surface area contributed by atoms with Crippen molar-refractivity contribution in [3.63, 3.8) is 0 Å². The second-order valence-corrected chi connectivity index (χ2v) is 7.50. The minimum absolute atomic E-state index is 0.0670. The summed E-state index contributed by atoms with van der Waals surface area (Å²) >= 11 is 5.86. The fourth-order valence-electron chi connectivity index (χ4n) is 1.83. The van der Waals surface area contributed by atoms with Crippen molar-refractivity contribution in [2.24, 2.45) is 4.99 Å². The van der Waals surface area contributed by atoms with Gasteiger partial charge >= 0.3 is 0 Å². The third-order valence-electron chi connectivity index (χ3n) is 2.78. The van der Waals surface area contributed by atoms with Crippen LogP contribution in [0.1, 0.15) is 6.92 Å². The number of thioether (sulfide) groups is 1. The van der Waals surface area contributed by atoms with Crippen molar-refractivity contribution >= 4 is 60.3 Å². The van der Waals surface area contributed by atoms with Crippen molar-refractivity contribution < 1.29 is 14.3 Å². The molecule has 0 N–H and O–H groups in total. The highest BCUT2D eigenvalue weighted by Gasteiger charge is 2.09. The van der Waals surface area contributed by atoms with E-state index < -0.39 is 0 Å². The van der Waals surface area contributed by atoms with E-state index in [1.54, 1.807) is 7.11 Å². The van der Waals surface area contributed by atoms with Crippen LogP contribution in [0.5, 0.6) is 0 Å². The average molecular weight is 403 g/mol. The number of amides is 1. The number of rotatable bonds is 5. The molecule has 8 heteroatoms. The van der Waals surface area contributed by atoms with E-state index >= 15 is 0 Å². The molecule has 2 rings (SSSR count). The molecule has 1 aromatic heterocycles. The molecule has 1 amide bonds. The molecule has 2 aromatic rings. The Kier molecular flexibility index (Phi) is 6.37. The van der Waals surface area contributed by atoms with Crippen molar-refractivity contribution in [1.82, 2.24) is 4.57 Å². The number of benzene rings is 1. The molecule has 22 heavy (non-hydrogen) atoms. The van der Waals surface area contributed by atoms with Gasteiger partial charge < -0.3 is 9.30 Å². The van der Waals surface area contributed by atoms with Crippen molar-refractivity contribution in [2.45, 2.75) is 13.5 Å². The third-order valence-corrected chi connectivity index (χ3v) is 5.12. The Labute approximate surface area is 144 Å². The van der Waals surface area contributed by atoms with Gasteiger partial charge in [0.05, 0.1) is 22.6 Å². The van der Waals surface area contributed by atoms with Crippen LogP contribution in [0.15, 0.2) is 27.7 Å². The van der Waals surface area contributed by atoms with E-state index in [1.807, 2.05) is 22.8 Å². The summed E-state index contributed by atoms with van der Waals surface area (Å²) in [4.78, 5) is 27.6. The second-order valence-electron chi connectivity index (χ2n) is 4.43. The summed E-state index contributed by atoms with van der Waals surface area (Å²) in [6.07, 6.45) is 0. The topological polar surface area (TPSA) is 60.7 Å². The zero-order valence-corrected chi connectivity index (χ0v) is 15.4. The van der Waals surface area contributed by atoms with Crippen molar-refractivity contribution in [3.8, 4) is 0 Å². The van der Waals surface area contributed by atoms with E-state index in [9.17, 15) is 9.59 Å². The van der Waals surface area contributed by atoms with Crippen LogP contribution in [0.2, 0.25) is 0 Å². The molecule has 0 aliphatic rings. The maximum atomic E-state index is 11.9. The van der Waals surface area contributed by atoms with Crippen LogP contribution < -0.4 is 4.80 Å². The van der Waals surface area contributed by atoms with Crippen LogP contribution in [-0.4, -0.2) is 35.1 Å². The number of thiazole rings is 1. The molecular weight excluding hydrogens is 388 g/mol. The third kappa shape index (κ3) is 4.52. The van der Waals surface area contributed by atoms with E-state index in [-0.39, 0.29) is 16.8 Å². The molecular formula is C14H15BrN2O3S2. The first-order valence-electron chi connectivity index (χ1n) is 6.50. The van der Waals surface area contributed by atoms with Crippen LogP contribution in [0.4, 0.5) is 0 Å². The van der Waals surface area contributed by atoms with Gasteiger partial charge in [-0.15, -0.1) is 0 Å². The molecule has 0 aliphatic heterocycles. The molecule has 0 bridgehead atoms. The normalized spacial score (nSPS) is 12.0. The first-order valence-corrected chi connectivity index (χ1v) is 9.09. The SMILES string of the molecule is COCCn1c(=NC(=O)CSC(C)=O)sc2cc(Br)ccc21. The highest BCUT2D eigenvalue weighted by atomic mass is 79.9. The lowest BCUT2D eigenvalue weighted by atomic mass is 10.3. The second kappa shape index (κ2) is 8.05. The average Bonchev–Trinajstić information content (AvgIpc) is 2.79. The Hall–Kier alpha value is -0.960. The monoisotopic (exact) mass is 402 g/mol. The van der Waals surface area contributed by atoms with Gasteiger partial charge in [-0.25, -0.2) is 0 Å². The van der Waals surface area contributed by atoms with Gasteiger partial charge in [0.25, 0.3) is 5.91 Å². The fraction of sp³-hybridized carbons (Fsp3) is 0.357. The molecule has 0 atom stereocenters. The summed E-state index contributed by atoms with van der Waals surface area (Å²) < 4.78 is 9.11. The largest absolute Gasteiger partial charge is 0.383 e. The minimum Gasteiger partial charge on any atom is -0.383 e. The van der Waals surface area contributed by atoms with Crippen molar-refractivity contribution in [3.05, 3.63) is 27.5 Å². The number of carbonyl (C=O) groups excluding carboxylic acids is 2. The van der Waals surface area contributed by atoms with Gasteiger partial charge in [0.15, 0.2) is 9.92 Å². The number of aromatic nitrogens is 1. The van der Waals surface area contributed by atoms with Crippen molar-refractivity contribution in [1.29, 1.82) is 0 Å². The lowest BCUT2D eigenvalue weighted by Crippen LogP contribution is -2.19. The van der Waals surface area contributed by atoms with Crippen LogP contribution >= 0.6 is 39.0 Å². The molecule has 5 nitrogen and oxygen atoms in total. The molecule has 0 spiro atoms. The van der Waals surface area contributed by atoms with E-state index in [1.165, 1.54) is 18.3 Å². The number of halogens is 1. The fourth-order valence-corrected chi connectivity index (χ4v) is 3.85. The number of ether oxygens (including phenoxy) is 1. The Morgan fingerprint density at radius 2 is 2.23 bits per heavy atom. The predicted molar refractivity (Wildman–Crippen MR) is 93.1 cm³/mol. The van der Waals surface area contributed by atoms with Gasteiger partial charge in [-0.2, -0.15) is 4.99 Å². The highest BCUT2D eigenvalue weighted by molar-refractivity contribution is 9.10. The minimum atomic E-state index is -0.308. The summed E-state index contributed by atoms with van der Waals surface area (Å²) in [5, 5.41) is -0.0870. The number of methoxy groups -OCH3 is 1. The van der Waals surface area contributed by atoms with Crippen LogP contribution in [0.3, 0.4) is 0 Å². The zero-order valence-electron chi connectivity index (χ0n) is 12.2. The standard InChI is InChI=1S/C14H15BrN2O3S2/c1-9(18)21-8-13(19)16-14-17(5-6-20-2)11-4-3-10(15)7-12(11)22-14/h3-4,7H,5-6,8H2,1-2H3. The summed E-state index contributed by atoms with van der Waals surface area (Å²) in [7, 11) is 1.64.